The molecule has 0 unspecified atom stereocenters. The SMILES string of the molecule is CC1(C)CCN(Cc2ccc(C#CCCO)cc2)CCS1. The van der Waals surface area contributed by atoms with E-state index < -0.39 is 0 Å². The van der Waals surface area contributed by atoms with Crippen molar-refractivity contribution >= 4 is 11.8 Å². The summed E-state index contributed by atoms with van der Waals surface area (Å²) in [5, 5.41) is 8.72. The molecule has 0 amide bonds. The van der Waals surface area contributed by atoms with Gasteiger partial charge >= 0.3 is 0 Å². The Morgan fingerprint density at radius 3 is 2.71 bits per heavy atom. The van der Waals surface area contributed by atoms with Crippen LogP contribution in [-0.4, -0.2) is 40.2 Å². The monoisotopic (exact) mass is 303 g/mol. The number of hydrogen-bond donors (Lipinski definition) is 1. The van der Waals surface area contributed by atoms with Crippen LogP contribution in [0.25, 0.3) is 0 Å². The Hall–Kier alpha value is -0.950. The summed E-state index contributed by atoms with van der Waals surface area (Å²) in [7, 11) is 0. The largest absolute Gasteiger partial charge is 0.395 e. The van der Waals surface area contributed by atoms with Crippen LogP contribution in [0.3, 0.4) is 0 Å². The lowest BCUT2D eigenvalue weighted by atomic mass is 10.1. The molecule has 2 nitrogen and oxygen atoms in total. The van der Waals surface area contributed by atoms with Gasteiger partial charge in [-0.1, -0.05) is 37.8 Å². The van der Waals surface area contributed by atoms with Crippen LogP contribution in [0.2, 0.25) is 0 Å². The first-order chi connectivity index (χ1) is 10.1. The zero-order valence-electron chi connectivity index (χ0n) is 13.1. The number of hydrogen-bond acceptors (Lipinski definition) is 3. The van der Waals surface area contributed by atoms with E-state index in [0.29, 0.717) is 11.2 Å². The molecule has 0 radical (unpaired) electrons. The Morgan fingerprint density at radius 2 is 2.00 bits per heavy atom. The van der Waals surface area contributed by atoms with Crippen LogP contribution in [0.5, 0.6) is 0 Å². The molecule has 0 saturated carbocycles. The maximum absolute atomic E-state index is 8.72. The molecule has 1 aliphatic rings. The van der Waals surface area contributed by atoms with Crippen molar-refractivity contribution in [1.29, 1.82) is 0 Å². The smallest absolute Gasteiger partial charge is 0.0540 e. The minimum atomic E-state index is 0.133. The summed E-state index contributed by atoms with van der Waals surface area (Å²) in [6.07, 6.45) is 1.80. The number of aliphatic hydroxyl groups is 1. The van der Waals surface area contributed by atoms with Crippen molar-refractivity contribution in [2.75, 3.05) is 25.4 Å². The van der Waals surface area contributed by atoms with Crippen LogP contribution in [0.1, 0.15) is 37.8 Å². The van der Waals surface area contributed by atoms with Crippen LogP contribution < -0.4 is 0 Å². The topological polar surface area (TPSA) is 23.5 Å². The number of nitrogens with zero attached hydrogens (tertiary/aromatic N) is 1. The van der Waals surface area contributed by atoms with Gasteiger partial charge in [-0.25, -0.2) is 0 Å². The van der Waals surface area contributed by atoms with E-state index in [4.69, 9.17) is 5.11 Å². The standard InChI is InChI=1S/C18H25NOS/c1-18(2)10-11-19(12-14-21-18)15-17-8-6-16(7-9-17)5-3-4-13-20/h6-9,20H,4,10-15H2,1-2H3. The van der Waals surface area contributed by atoms with Gasteiger partial charge in [0.05, 0.1) is 6.61 Å². The summed E-state index contributed by atoms with van der Waals surface area (Å²) in [6.45, 7) is 8.21. The Labute approximate surface area is 132 Å². The lowest BCUT2D eigenvalue weighted by Crippen LogP contribution is -2.26. The number of rotatable bonds is 3. The Balaban J connectivity index is 1.90. The van der Waals surface area contributed by atoms with Gasteiger partial charge in [-0.05, 0) is 30.7 Å². The summed E-state index contributed by atoms with van der Waals surface area (Å²) in [4.78, 5) is 2.55. The Bertz CT molecular complexity index is 498. The first-order valence-corrected chi connectivity index (χ1v) is 8.63. The first-order valence-electron chi connectivity index (χ1n) is 7.64. The molecule has 21 heavy (non-hydrogen) atoms. The van der Waals surface area contributed by atoms with Crippen molar-refractivity contribution in [2.45, 2.75) is 38.0 Å². The van der Waals surface area contributed by atoms with Crippen molar-refractivity contribution in [3.63, 3.8) is 0 Å². The number of benzene rings is 1. The van der Waals surface area contributed by atoms with E-state index in [1.54, 1.807) is 0 Å². The van der Waals surface area contributed by atoms with Crippen LogP contribution in [0.4, 0.5) is 0 Å². The van der Waals surface area contributed by atoms with Gasteiger partial charge in [-0.15, -0.1) is 0 Å². The number of aliphatic hydroxyl groups excluding tert-OH is 1. The van der Waals surface area contributed by atoms with E-state index in [9.17, 15) is 0 Å². The third-order valence-corrected chi connectivity index (χ3v) is 5.13. The fourth-order valence-electron chi connectivity index (χ4n) is 2.39. The molecule has 2 rings (SSSR count). The van der Waals surface area contributed by atoms with Crippen molar-refractivity contribution in [1.82, 2.24) is 4.90 Å². The normalized spacial score (nSPS) is 18.6. The van der Waals surface area contributed by atoms with E-state index in [1.807, 2.05) is 0 Å². The summed E-state index contributed by atoms with van der Waals surface area (Å²) in [5.74, 6) is 7.25. The molecule has 0 aliphatic carbocycles. The van der Waals surface area contributed by atoms with E-state index in [0.717, 1.165) is 12.1 Å². The highest BCUT2D eigenvalue weighted by molar-refractivity contribution is 8.00. The molecule has 3 heteroatoms. The molecular weight excluding hydrogens is 278 g/mol. The predicted octanol–water partition coefficient (Wildman–Crippen LogP) is 3.14. The molecule has 1 heterocycles. The molecule has 114 valence electrons. The minimum Gasteiger partial charge on any atom is -0.395 e. The van der Waals surface area contributed by atoms with E-state index in [1.165, 1.54) is 30.8 Å². The zero-order chi connectivity index (χ0) is 15.1. The summed E-state index contributed by atoms with van der Waals surface area (Å²) in [5.41, 5.74) is 2.38. The summed E-state index contributed by atoms with van der Waals surface area (Å²) >= 11 is 2.09. The van der Waals surface area contributed by atoms with Gasteiger partial charge in [0, 0.05) is 35.6 Å². The van der Waals surface area contributed by atoms with E-state index in [2.05, 4.69) is 66.6 Å². The van der Waals surface area contributed by atoms with Crippen molar-refractivity contribution < 1.29 is 5.11 Å². The van der Waals surface area contributed by atoms with Gasteiger partial charge in [0.15, 0.2) is 0 Å². The zero-order valence-corrected chi connectivity index (χ0v) is 13.9. The van der Waals surface area contributed by atoms with E-state index in [-0.39, 0.29) is 6.61 Å². The highest BCUT2D eigenvalue weighted by Crippen LogP contribution is 2.31. The molecule has 0 spiro atoms. The van der Waals surface area contributed by atoms with Crippen LogP contribution >= 0.6 is 11.8 Å². The molecule has 0 atom stereocenters. The fourth-order valence-corrected chi connectivity index (χ4v) is 3.53. The van der Waals surface area contributed by atoms with Gasteiger partial charge in [-0.2, -0.15) is 11.8 Å². The third-order valence-electron chi connectivity index (χ3n) is 3.76. The van der Waals surface area contributed by atoms with Gasteiger partial charge in [0.25, 0.3) is 0 Å². The molecule has 1 aliphatic heterocycles. The fraction of sp³-hybridized carbons (Fsp3) is 0.556. The second-order valence-electron chi connectivity index (χ2n) is 6.11. The van der Waals surface area contributed by atoms with E-state index >= 15 is 0 Å². The minimum absolute atomic E-state index is 0.133. The first kappa shape index (κ1) is 16.4. The molecule has 0 bridgehead atoms. The summed E-state index contributed by atoms with van der Waals surface area (Å²) < 4.78 is 0.418. The van der Waals surface area contributed by atoms with Crippen molar-refractivity contribution in [3.05, 3.63) is 35.4 Å². The van der Waals surface area contributed by atoms with Crippen LogP contribution in [-0.2, 0) is 6.54 Å². The third kappa shape index (κ3) is 5.74. The quantitative estimate of drug-likeness (QED) is 0.868. The lowest BCUT2D eigenvalue weighted by Gasteiger charge is -2.22. The second-order valence-corrected chi connectivity index (χ2v) is 7.91. The predicted molar refractivity (Wildman–Crippen MR) is 91.5 cm³/mol. The Morgan fingerprint density at radius 1 is 1.24 bits per heavy atom. The molecule has 1 aromatic rings. The van der Waals surface area contributed by atoms with Crippen LogP contribution in [0.15, 0.2) is 24.3 Å². The maximum atomic E-state index is 8.72. The highest BCUT2D eigenvalue weighted by Gasteiger charge is 2.23. The van der Waals surface area contributed by atoms with Crippen LogP contribution in [0, 0.1) is 11.8 Å². The maximum Gasteiger partial charge on any atom is 0.0540 e. The summed E-state index contributed by atoms with van der Waals surface area (Å²) in [6, 6.07) is 8.50. The van der Waals surface area contributed by atoms with Crippen molar-refractivity contribution in [2.24, 2.45) is 0 Å². The second kappa shape index (κ2) is 7.89. The molecule has 1 fully saturated rings. The molecule has 1 N–H and O–H groups in total. The molecule has 0 aromatic heterocycles. The van der Waals surface area contributed by atoms with Gasteiger partial charge < -0.3 is 5.11 Å². The Kier molecular flexibility index (Phi) is 6.17. The molecule has 1 saturated heterocycles. The number of thioether (sulfide) groups is 1. The lowest BCUT2D eigenvalue weighted by molar-refractivity contribution is 0.276. The van der Waals surface area contributed by atoms with Crippen molar-refractivity contribution in [3.8, 4) is 11.8 Å². The van der Waals surface area contributed by atoms with Gasteiger partial charge in [-0.3, -0.25) is 4.90 Å². The average Bonchev–Trinajstić information content (AvgIpc) is 2.62. The molecule has 1 aromatic carbocycles. The molecular formula is C18H25NOS. The highest BCUT2D eigenvalue weighted by atomic mass is 32.2. The van der Waals surface area contributed by atoms with Gasteiger partial charge in [0.1, 0.15) is 0 Å². The van der Waals surface area contributed by atoms with Gasteiger partial charge in [0.2, 0.25) is 0 Å². The average molecular weight is 303 g/mol.